The van der Waals surface area contributed by atoms with Gasteiger partial charge >= 0.3 is 11.9 Å². The van der Waals surface area contributed by atoms with Crippen LogP contribution in [0.15, 0.2) is 133 Å². The lowest BCUT2D eigenvalue weighted by atomic mass is 10.2. The largest absolute Gasteiger partial charge is 1.00 e. The molecule has 5 rings (SSSR count). The zero-order valence-electron chi connectivity index (χ0n) is 24.3. The molecule has 0 amide bonds. The molecule has 0 saturated heterocycles. The smallest absolute Gasteiger partial charge is 0.345 e. The zero-order valence-corrected chi connectivity index (χ0v) is 26.8. The fraction of sp³-hybridized carbons (Fsp3) is 0.139. The van der Waals surface area contributed by atoms with E-state index in [1.165, 1.54) is 22.0 Å². The molecule has 1 aromatic heterocycles. The molecule has 0 unspecified atom stereocenters. The summed E-state index contributed by atoms with van der Waals surface area (Å²) in [7, 11) is -2.11. The van der Waals surface area contributed by atoms with Gasteiger partial charge in [-0.2, -0.15) is 0 Å². The van der Waals surface area contributed by atoms with Crippen molar-refractivity contribution in [1.29, 1.82) is 0 Å². The highest BCUT2D eigenvalue weighted by Crippen LogP contribution is 2.55. The summed E-state index contributed by atoms with van der Waals surface area (Å²) < 4.78 is 10.1. The molecule has 7 heteroatoms. The van der Waals surface area contributed by atoms with Gasteiger partial charge in [-0.05, 0) is 68.5 Å². The highest BCUT2D eigenvalue weighted by atomic mass is 79.9. The van der Waals surface area contributed by atoms with Gasteiger partial charge in [0.2, 0.25) is 0 Å². The SMILES string of the molecule is CCOC(=O)C=Cc1ccc2ccccc2n1.CCOC(=O)C[P+](c1ccccc1)(c1ccccc1)c1ccccc1.[Br-]. The fourth-order valence-electron chi connectivity index (χ4n) is 4.69. The maximum atomic E-state index is 12.6. The van der Waals surface area contributed by atoms with Crippen LogP contribution in [0.4, 0.5) is 0 Å². The molecule has 0 aliphatic carbocycles. The van der Waals surface area contributed by atoms with Crippen LogP contribution in [-0.2, 0) is 19.1 Å². The van der Waals surface area contributed by atoms with Crippen LogP contribution >= 0.6 is 7.26 Å². The van der Waals surface area contributed by atoms with E-state index >= 15 is 0 Å². The molecule has 0 aliphatic heterocycles. The number of esters is 2. The first-order valence-electron chi connectivity index (χ1n) is 14.0. The summed E-state index contributed by atoms with van der Waals surface area (Å²) in [6.07, 6.45) is 3.42. The highest BCUT2D eigenvalue weighted by molar-refractivity contribution is 7.96. The van der Waals surface area contributed by atoms with E-state index in [1.807, 2.05) is 97.9 Å². The van der Waals surface area contributed by atoms with Crippen LogP contribution < -0.4 is 32.9 Å². The van der Waals surface area contributed by atoms with Gasteiger partial charge in [-0.25, -0.2) is 14.6 Å². The number of benzene rings is 4. The first-order chi connectivity index (χ1) is 20.6. The number of aromatic nitrogens is 1. The number of para-hydroxylation sites is 1. The molecule has 5 aromatic rings. The lowest BCUT2D eigenvalue weighted by Gasteiger charge is -2.26. The van der Waals surface area contributed by atoms with Crippen LogP contribution in [0.2, 0.25) is 0 Å². The first-order valence-corrected chi connectivity index (χ1v) is 16.0. The van der Waals surface area contributed by atoms with Crippen molar-refractivity contribution in [2.75, 3.05) is 19.4 Å². The maximum Gasteiger partial charge on any atom is 0.345 e. The third-order valence-electron chi connectivity index (χ3n) is 6.56. The van der Waals surface area contributed by atoms with Crippen molar-refractivity contribution in [3.8, 4) is 0 Å². The predicted octanol–water partition coefficient (Wildman–Crippen LogP) is 3.36. The second-order valence-corrected chi connectivity index (χ2v) is 12.8. The van der Waals surface area contributed by atoms with Gasteiger partial charge in [0.25, 0.3) is 0 Å². The van der Waals surface area contributed by atoms with E-state index < -0.39 is 7.26 Å². The summed E-state index contributed by atoms with van der Waals surface area (Å²) in [4.78, 5) is 28.1. The number of rotatable bonds is 9. The number of hydrogen-bond acceptors (Lipinski definition) is 5. The second kappa shape index (κ2) is 17.1. The number of halogens is 1. The minimum Gasteiger partial charge on any atom is -1.00 e. The van der Waals surface area contributed by atoms with E-state index in [0.717, 1.165) is 16.6 Å². The number of ether oxygens (including phenoxy) is 2. The summed E-state index contributed by atoms with van der Waals surface area (Å²) in [6, 6.07) is 42.8. The topological polar surface area (TPSA) is 65.5 Å². The normalized spacial score (nSPS) is 10.7. The van der Waals surface area contributed by atoms with E-state index in [9.17, 15) is 9.59 Å². The summed E-state index contributed by atoms with van der Waals surface area (Å²) in [6.45, 7) is 4.41. The van der Waals surface area contributed by atoms with E-state index in [0.29, 0.717) is 19.4 Å². The Labute approximate surface area is 264 Å². The van der Waals surface area contributed by atoms with E-state index in [2.05, 4.69) is 41.4 Å². The summed E-state index contributed by atoms with van der Waals surface area (Å²) in [5, 5.41) is 4.67. The van der Waals surface area contributed by atoms with Crippen molar-refractivity contribution < 1.29 is 36.0 Å². The van der Waals surface area contributed by atoms with Gasteiger partial charge in [0.05, 0.1) is 24.4 Å². The second-order valence-electron chi connectivity index (χ2n) is 9.29. The molecular formula is C36H35BrNO4P. The first kappa shape index (κ1) is 33.4. The van der Waals surface area contributed by atoms with Crippen molar-refractivity contribution in [1.82, 2.24) is 4.98 Å². The Morgan fingerprint density at radius 1 is 0.651 bits per heavy atom. The number of carbonyl (C=O) groups is 2. The van der Waals surface area contributed by atoms with Gasteiger partial charge in [0, 0.05) is 11.5 Å². The van der Waals surface area contributed by atoms with Crippen LogP contribution in [0.5, 0.6) is 0 Å². The average Bonchev–Trinajstić information content (AvgIpc) is 3.04. The van der Waals surface area contributed by atoms with Crippen molar-refractivity contribution >= 4 is 52.1 Å². The Morgan fingerprint density at radius 2 is 1.14 bits per heavy atom. The van der Waals surface area contributed by atoms with Crippen molar-refractivity contribution in [3.63, 3.8) is 0 Å². The highest BCUT2D eigenvalue weighted by Gasteiger charge is 2.47. The average molecular weight is 657 g/mol. The van der Waals surface area contributed by atoms with Crippen LogP contribution in [0, 0.1) is 0 Å². The van der Waals surface area contributed by atoms with Gasteiger partial charge in [-0.15, -0.1) is 0 Å². The molecule has 0 aliphatic rings. The molecule has 0 radical (unpaired) electrons. The maximum absolute atomic E-state index is 12.6. The molecule has 5 nitrogen and oxygen atoms in total. The van der Waals surface area contributed by atoms with Crippen molar-refractivity contribution in [2.45, 2.75) is 13.8 Å². The Balaban J connectivity index is 0.000000247. The Hall–Kier alpha value is -4.12. The quantitative estimate of drug-likeness (QED) is 0.139. The molecule has 0 atom stereocenters. The molecule has 0 N–H and O–H groups in total. The molecule has 43 heavy (non-hydrogen) atoms. The fourth-order valence-corrected chi connectivity index (χ4v) is 8.65. The van der Waals surface area contributed by atoms with Gasteiger partial charge < -0.3 is 26.5 Å². The summed E-state index contributed by atoms with van der Waals surface area (Å²) in [5.41, 5.74) is 1.66. The van der Waals surface area contributed by atoms with Crippen molar-refractivity contribution in [2.24, 2.45) is 0 Å². The van der Waals surface area contributed by atoms with Gasteiger partial charge in [0.1, 0.15) is 23.2 Å². The van der Waals surface area contributed by atoms with Crippen LogP contribution in [0.25, 0.3) is 17.0 Å². The van der Waals surface area contributed by atoms with Gasteiger partial charge in [-0.3, -0.25) is 0 Å². The predicted molar refractivity (Wildman–Crippen MR) is 174 cm³/mol. The number of hydrogen-bond donors (Lipinski definition) is 0. The van der Waals surface area contributed by atoms with Gasteiger partial charge in [-0.1, -0.05) is 78.9 Å². The lowest BCUT2D eigenvalue weighted by Crippen LogP contribution is -3.00. The zero-order chi connectivity index (χ0) is 29.6. The molecule has 1 heterocycles. The van der Waals surface area contributed by atoms with E-state index in [-0.39, 0.29) is 28.9 Å². The molecule has 0 saturated carbocycles. The molecule has 220 valence electrons. The Kier molecular flexibility index (Phi) is 13.3. The molecule has 4 aromatic carbocycles. The molecule has 0 fully saturated rings. The molecular weight excluding hydrogens is 621 g/mol. The number of carbonyl (C=O) groups excluding carboxylic acids is 2. The number of pyridine rings is 1. The minimum atomic E-state index is -2.11. The third kappa shape index (κ3) is 8.93. The van der Waals surface area contributed by atoms with E-state index in [1.54, 1.807) is 13.0 Å². The molecule has 0 bridgehead atoms. The Morgan fingerprint density at radius 3 is 1.65 bits per heavy atom. The van der Waals surface area contributed by atoms with Crippen LogP contribution in [0.3, 0.4) is 0 Å². The summed E-state index contributed by atoms with van der Waals surface area (Å²) >= 11 is 0. The van der Waals surface area contributed by atoms with Gasteiger partial charge in [0.15, 0.2) is 6.16 Å². The van der Waals surface area contributed by atoms with Crippen LogP contribution in [-0.4, -0.2) is 36.3 Å². The monoisotopic (exact) mass is 655 g/mol. The number of fused-ring (bicyclic) bond motifs is 1. The third-order valence-corrected chi connectivity index (χ3v) is 10.8. The van der Waals surface area contributed by atoms with E-state index in [4.69, 9.17) is 9.47 Å². The molecule has 0 spiro atoms. The standard InChI is InChI=1S/C22H22O2P.C14H13NO2.BrH/c1-2-24-22(23)18-25(19-12-6-3-7-13-19,20-14-8-4-9-15-20)21-16-10-5-11-17-21;1-2-17-14(16)10-9-12-8-7-11-5-3-4-6-13(11)15-12;/h3-17H,2,18H2,1H3;3-10H,2H2,1H3;1H/q+1;;/p-1. The summed E-state index contributed by atoms with van der Waals surface area (Å²) in [5.74, 6) is -0.491. The lowest BCUT2D eigenvalue weighted by molar-refractivity contribution is -0.140. The van der Waals surface area contributed by atoms with Crippen LogP contribution in [0.1, 0.15) is 19.5 Å². The number of nitrogens with zero attached hydrogens (tertiary/aromatic N) is 1. The minimum absolute atomic E-state index is 0. The Bertz CT molecular complexity index is 1520. The van der Waals surface area contributed by atoms with Crippen molar-refractivity contribution in [3.05, 3.63) is 139 Å².